The lowest BCUT2D eigenvalue weighted by Crippen LogP contribution is -2.28. The highest BCUT2D eigenvalue weighted by molar-refractivity contribution is 5.76. The molecule has 6 nitrogen and oxygen atoms in total. The van der Waals surface area contributed by atoms with Gasteiger partial charge >= 0.3 is 0 Å². The number of pyridine rings is 1. The van der Waals surface area contributed by atoms with E-state index in [1.807, 2.05) is 37.8 Å². The first-order valence-corrected chi connectivity index (χ1v) is 11.2. The fourth-order valence-corrected chi connectivity index (χ4v) is 4.16. The van der Waals surface area contributed by atoms with Crippen LogP contribution in [0.5, 0.6) is 0 Å². The lowest BCUT2D eigenvalue weighted by molar-refractivity contribution is -0.130. The van der Waals surface area contributed by atoms with Crippen molar-refractivity contribution in [1.82, 2.24) is 20.1 Å². The van der Waals surface area contributed by atoms with Crippen LogP contribution in [0.4, 0.5) is 4.39 Å². The maximum absolute atomic E-state index is 13.5. The van der Waals surface area contributed by atoms with Gasteiger partial charge in [-0.15, -0.1) is 10.2 Å². The van der Waals surface area contributed by atoms with Crippen LogP contribution in [0.3, 0.4) is 0 Å². The van der Waals surface area contributed by atoms with Crippen LogP contribution in [0.15, 0.2) is 40.8 Å². The maximum Gasteiger partial charge on any atom is 0.223 e. The summed E-state index contributed by atoms with van der Waals surface area (Å²) in [6.45, 7) is 7.35. The largest absolute Gasteiger partial charge is 0.425 e. The van der Waals surface area contributed by atoms with Gasteiger partial charge in [-0.3, -0.25) is 9.78 Å². The molecule has 2 aromatic heterocycles. The molecule has 1 unspecified atom stereocenters. The highest BCUT2D eigenvalue weighted by atomic mass is 19.1. The molecular weight excluding hydrogens is 407 g/mol. The Morgan fingerprint density at radius 1 is 1.22 bits per heavy atom. The summed E-state index contributed by atoms with van der Waals surface area (Å²) in [6.07, 6.45) is 2.37. The normalized spacial score (nSPS) is 16.2. The van der Waals surface area contributed by atoms with E-state index in [0.717, 1.165) is 35.5 Å². The lowest BCUT2D eigenvalue weighted by atomic mass is 9.98. The van der Waals surface area contributed by atoms with Crippen molar-refractivity contribution in [3.8, 4) is 0 Å². The number of carbonyl (C=O) groups excluding carboxylic acids is 1. The summed E-state index contributed by atoms with van der Waals surface area (Å²) >= 11 is 0. The van der Waals surface area contributed by atoms with Gasteiger partial charge in [0, 0.05) is 49.2 Å². The molecule has 1 aromatic carbocycles. The number of likely N-dealkylation sites (tertiary alicyclic amines) is 1. The average molecular weight is 437 g/mol. The van der Waals surface area contributed by atoms with Crippen LogP contribution in [0.2, 0.25) is 0 Å². The van der Waals surface area contributed by atoms with Crippen molar-refractivity contribution < 1.29 is 13.6 Å². The number of amides is 1. The maximum atomic E-state index is 13.5. The number of nitrogens with zero attached hydrogens (tertiary/aromatic N) is 4. The fraction of sp³-hybridized carbons (Fsp3) is 0.440. The molecule has 32 heavy (non-hydrogen) atoms. The predicted molar refractivity (Wildman–Crippen MR) is 119 cm³/mol. The van der Waals surface area contributed by atoms with Gasteiger partial charge in [0.2, 0.25) is 17.7 Å². The molecule has 0 bridgehead atoms. The summed E-state index contributed by atoms with van der Waals surface area (Å²) in [4.78, 5) is 19.4. The molecule has 3 aromatic rings. The van der Waals surface area contributed by atoms with E-state index in [0.29, 0.717) is 37.6 Å². The second-order valence-electron chi connectivity index (χ2n) is 8.86. The summed E-state index contributed by atoms with van der Waals surface area (Å²) < 4.78 is 19.1. The second kappa shape index (κ2) is 9.59. The molecular formula is C25H29FN4O2. The van der Waals surface area contributed by atoms with Crippen molar-refractivity contribution >= 4 is 5.91 Å². The van der Waals surface area contributed by atoms with Crippen LogP contribution >= 0.6 is 0 Å². The van der Waals surface area contributed by atoms with Crippen LogP contribution in [0.25, 0.3) is 0 Å². The van der Waals surface area contributed by atoms with Crippen molar-refractivity contribution in [2.45, 2.75) is 58.3 Å². The van der Waals surface area contributed by atoms with Gasteiger partial charge in [0.25, 0.3) is 0 Å². The van der Waals surface area contributed by atoms with Gasteiger partial charge in [-0.1, -0.05) is 26.0 Å². The first-order valence-electron chi connectivity index (χ1n) is 11.2. The van der Waals surface area contributed by atoms with Gasteiger partial charge in [0.1, 0.15) is 5.82 Å². The highest BCUT2D eigenvalue weighted by Gasteiger charge is 2.28. The van der Waals surface area contributed by atoms with E-state index in [-0.39, 0.29) is 23.6 Å². The summed E-state index contributed by atoms with van der Waals surface area (Å²) in [6, 6.07) is 10.8. The molecule has 4 rings (SSSR count). The van der Waals surface area contributed by atoms with Gasteiger partial charge in [-0.25, -0.2) is 4.39 Å². The first-order chi connectivity index (χ1) is 15.4. The van der Waals surface area contributed by atoms with E-state index in [1.54, 1.807) is 12.1 Å². The minimum absolute atomic E-state index is 0.101. The predicted octanol–water partition coefficient (Wildman–Crippen LogP) is 4.58. The molecule has 0 N–H and O–H groups in total. The van der Waals surface area contributed by atoms with E-state index in [2.05, 4.69) is 16.3 Å². The molecule has 1 amide bonds. The molecule has 1 fully saturated rings. The van der Waals surface area contributed by atoms with Crippen molar-refractivity contribution in [3.63, 3.8) is 0 Å². The Kier molecular flexibility index (Phi) is 6.63. The van der Waals surface area contributed by atoms with E-state index < -0.39 is 0 Å². The van der Waals surface area contributed by atoms with Crippen molar-refractivity contribution in [1.29, 1.82) is 0 Å². The van der Waals surface area contributed by atoms with E-state index in [4.69, 9.17) is 9.40 Å². The van der Waals surface area contributed by atoms with E-state index in [1.165, 1.54) is 6.07 Å². The van der Waals surface area contributed by atoms with Crippen molar-refractivity contribution in [3.05, 3.63) is 76.5 Å². The molecule has 1 saturated heterocycles. The summed E-state index contributed by atoms with van der Waals surface area (Å²) in [5, 5.41) is 8.06. The van der Waals surface area contributed by atoms with Crippen LogP contribution in [-0.2, 0) is 17.6 Å². The number of benzene rings is 1. The molecule has 3 heterocycles. The Morgan fingerprint density at radius 3 is 2.81 bits per heavy atom. The molecule has 0 radical (unpaired) electrons. The van der Waals surface area contributed by atoms with Gasteiger partial charge in [0.15, 0.2) is 0 Å². The molecule has 0 aliphatic carbocycles. The summed E-state index contributed by atoms with van der Waals surface area (Å²) in [5.41, 5.74) is 3.99. The van der Waals surface area contributed by atoms with Crippen LogP contribution in [0, 0.1) is 12.7 Å². The third-order valence-electron chi connectivity index (χ3n) is 5.82. The number of carbonyl (C=O) groups is 1. The summed E-state index contributed by atoms with van der Waals surface area (Å²) in [5.74, 6) is 1.39. The van der Waals surface area contributed by atoms with Gasteiger partial charge in [-0.2, -0.15) is 0 Å². The van der Waals surface area contributed by atoms with Crippen LogP contribution < -0.4 is 0 Å². The molecule has 1 aliphatic heterocycles. The van der Waals surface area contributed by atoms with Crippen molar-refractivity contribution in [2.24, 2.45) is 0 Å². The molecule has 168 valence electrons. The molecule has 0 spiro atoms. The standard InChI is InChI=1S/C25H29FN4O2/c1-16(2)25-29-28-23(32-25)7-8-24(31)30-10-9-20(15-30)22-14-19(11-17(3)27-22)12-18-5-4-6-21(26)13-18/h4-6,11,13-14,16,20H,7-10,12,15H2,1-3H3. The van der Waals surface area contributed by atoms with Gasteiger partial charge < -0.3 is 9.32 Å². The number of aryl methyl sites for hydroxylation is 2. The first kappa shape index (κ1) is 22.1. The quantitative estimate of drug-likeness (QED) is 0.542. The Bertz CT molecular complexity index is 1100. The summed E-state index contributed by atoms with van der Waals surface area (Å²) in [7, 11) is 0. The van der Waals surface area contributed by atoms with Gasteiger partial charge in [-0.05, 0) is 55.2 Å². The van der Waals surface area contributed by atoms with Crippen LogP contribution in [-0.4, -0.2) is 39.1 Å². The third kappa shape index (κ3) is 5.39. The Hall–Kier alpha value is -3.09. The van der Waals surface area contributed by atoms with Crippen molar-refractivity contribution in [2.75, 3.05) is 13.1 Å². The number of aromatic nitrogens is 3. The highest BCUT2D eigenvalue weighted by Crippen LogP contribution is 2.28. The zero-order chi connectivity index (χ0) is 22.7. The Balaban J connectivity index is 1.37. The molecule has 1 atom stereocenters. The monoisotopic (exact) mass is 436 g/mol. The number of halogens is 1. The Labute approximate surface area is 187 Å². The Morgan fingerprint density at radius 2 is 2.06 bits per heavy atom. The molecule has 1 aliphatic rings. The minimum atomic E-state index is -0.223. The second-order valence-corrected chi connectivity index (χ2v) is 8.86. The number of hydrogen-bond donors (Lipinski definition) is 0. The molecule has 0 saturated carbocycles. The zero-order valence-electron chi connectivity index (χ0n) is 18.8. The topological polar surface area (TPSA) is 72.1 Å². The SMILES string of the molecule is Cc1cc(Cc2cccc(F)c2)cc(C2CCN(C(=O)CCc3nnc(C(C)C)o3)C2)n1. The number of hydrogen-bond acceptors (Lipinski definition) is 5. The smallest absolute Gasteiger partial charge is 0.223 e. The van der Waals surface area contributed by atoms with Gasteiger partial charge in [0.05, 0.1) is 0 Å². The average Bonchev–Trinajstić information content (AvgIpc) is 3.42. The van der Waals surface area contributed by atoms with E-state index >= 15 is 0 Å². The number of rotatable bonds is 7. The third-order valence-corrected chi connectivity index (χ3v) is 5.82. The zero-order valence-corrected chi connectivity index (χ0v) is 18.8. The van der Waals surface area contributed by atoms with Crippen LogP contribution in [0.1, 0.15) is 72.8 Å². The fourth-order valence-electron chi connectivity index (χ4n) is 4.16. The van der Waals surface area contributed by atoms with E-state index in [9.17, 15) is 9.18 Å². The molecule has 7 heteroatoms. The lowest BCUT2D eigenvalue weighted by Gasteiger charge is -2.17. The minimum Gasteiger partial charge on any atom is -0.425 e.